The summed E-state index contributed by atoms with van der Waals surface area (Å²) < 4.78 is 26.7. The number of carbonyl (C=O) groups excluding carboxylic acids is 2. The highest BCUT2D eigenvalue weighted by Crippen LogP contribution is 2.44. The molecule has 2 aromatic carbocycles. The lowest BCUT2D eigenvalue weighted by atomic mass is 9.92. The third-order valence-electron chi connectivity index (χ3n) is 6.30. The molecular weight excluding hydrogens is 463 g/mol. The van der Waals surface area contributed by atoms with E-state index in [1.165, 1.54) is 19.2 Å². The second-order valence-electron chi connectivity index (χ2n) is 8.77. The number of nitrogens with zero attached hydrogens (tertiary/aromatic N) is 3. The lowest BCUT2D eigenvalue weighted by molar-refractivity contribution is -0.120. The molecule has 1 atom stereocenters. The SMILES string of the molecule is CCC(=O)NCCCn1cc(-c2ccc3c(c2Oc2ccc(F)cc2)CC[C@H](C)N3C(=O)OC)cn1. The Morgan fingerprint density at radius 2 is 1.97 bits per heavy atom. The molecule has 0 fully saturated rings. The predicted octanol–water partition coefficient (Wildman–Crippen LogP) is 5.31. The molecule has 1 aliphatic rings. The van der Waals surface area contributed by atoms with Gasteiger partial charge in [0.1, 0.15) is 17.3 Å². The minimum Gasteiger partial charge on any atom is -0.456 e. The van der Waals surface area contributed by atoms with E-state index in [0.717, 1.165) is 35.2 Å². The van der Waals surface area contributed by atoms with Gasteiger partial charge in [-0.3, -0.25) is 14.4 Å². The second kappa shape index (κ2) is 11.2. The number of hydrogen-bond acceptors (Lipinski definition) is 5. The number of rotatable bonds is 8. The molecule has 0 saturated heterocycles. The lowest BCUT2D eigenvalue weighted by Crippen LogP contribution is -2.42. The fourth-order valence-electron chi connectivity index (χ4n) is 4.36. The highest BCUT2D eigenvalue weighted by atomic mass is 19.1. The maximum atomic E-state index is 13.5. The molecular formula is C27H31FN4O4. The average molecular weight is 495 g/mol. The minimum atomic E-state index is -0.424. The van der Waals surface area contributed by atoms with E-state index in [-0.39, 0.29) is 17.8 Å². The van der Waals surface area contributed by atoms with Gasteiger partial charge in [-0.2, -0.15) is 5.10 Å². The van der Waals surface area contributed by atoms with Crippen molar-refractivity contribution in [2.75, 3.05) is 18.6 Å². The number of hydrogen-bond donors (Lipinski definition) is 1. The fraction of sp³-hybridized carbons (Fsp3) is 0.370. The van der Waals surface area contributed by atoms with Crippen LogP contribution < -0.4 is 15.0 Å². The normalized spacial score (nSPS) is 14.8. The number of halogens is 1. The number of amides is 2. The van der Waals surface area contributed by atoms with Gasteiger partial charge in [-0.1, -0.05) is 6.92 Å². The molecule has 0 bridgehead atoms. The molecule has 190 valence electrons. The van der Waals surface area contributed by atoms with E-state index in [1.54, 1.807) is 23.2 Å². The van der Waals surface area contributed by atoms with Gasteiger partial charge in [-0.05, 0) is 62.6 Å². The van der Waals surface area contributed by atoms with E-state index < -0.39 is 6.09 Å². The van der Waals surface area contributed by atoms with E-state index >= 15 is 0 Å². The van der Waals surface area contributed by atoms with Crippen LogP contribution in [0, 0.1) is 5.82 Å². The summed E-state index contributed by atoms with van der Waals surface area (Å²) >= 11 is 0. The molecule has 2 amide bonds. The molecule has 3 aromatic rings. The molecule has 2 heterocycles. The van der Waals surface area contributed by atoms with Gasteiger partial charge >= 0.3 is 6.09 Å². The Balaban J connectivity index is 1.68. The first-order chi connectivity index (χ1) is 17.4. The van der Waals surface area contributed by atoms with Crippen molar-refractivity contribution in [1.29, 1.82) is 0 Å². The molecule has 1 aliphatic heterocycles. The van der Waals surface area contributed by atoms with Crippen molar-refractivity contribution in [3.05, 3.63) is 60.2 Å². The van der Waals surface area contributed by atoms with Gasteiger partial charge in [0.15, 0.2) is 0 Å². The standard InChI is InChI=1S/C27H31FN4O4/c1-4-25(33)29-14-5-15-31-17-19(16-30-31)22-12-13-24-23(11-6-18(2)32(24)27(34)35-3)26(22)36-21-9-7-20(28)8-10-21/h7-10,12-13,16-18H,4-6,11,14-15H2,1-3H3,(H,29,33)/t18-/m0/s1. The number of methoxy groups -OCH3 is 1. The molecule has 0 saturated carbocycles. The van der Waals surface area contributed by atoms with E-state index in [2.05, 4.69) is 10.4 Å². The van der Waals surface area contributed by atoms with Crippen LogP contribution in [0.25, 0.3) is 11.1 Å². The van der Waals surface area contributed by atoms with Crippen molar-refractivity contribution >= 4 is 17.7 Å². The van der Waals surface area contributed by atoms with Gasteiger partial charge in [-0.15, -0.1) is 0 Å². The maximum absolute atomic E-state index is 13.5. The van der Waals surface area contributed by atoms with E-state index in [4.69, 9.17) is 9.47 Å². The monoisotopic (exact) mass is 494 g/mol. The number of carbonyl (C=O) groups is 2. The number of anilines is 1. The smallest absolute Gasteiger partial charge is 0.414 e. The van der Waals surface area contributed by atoms with Crippen LogP contribution in [-0.4, -0.2) is 41.5 Å². The van der Waals surface area contributed by atoms with Gasteiger partial charge in [-0.25, -0.2) is 9.18 Å². The summed E-state index contributed by atoms with van der Waals surface area (Å²) in [6.45, 7) is 5.05. The Morgan fingerprint density at radius 1 is 1.19 bits per heavy atom. The molecule has 0 aliphatic carbocycles. The number of benzene rings is 2. The van der Waals surface area contributed by atoms with Gasteiger partial charge in [0, 0.05) is 48.4 Å². The third-order valence-corrected chi connectivity index (χ3v) is 6.30. The Morgan fingerprint density at radius 3 is 2.69 bits per heavy atom. The second-order valence-corrected chi connectivity index (χ2v) is 8.77. The molecule has 36 heavy (non-hydrogen) atoms. The van der Waals surface area contributed by atoms with Crippen LogP contribution in [0.15, 0.2) is 48.8 Å². The van der Waals surface area contributed by atoms with Crippen molar-refractivity contribution in [2.45, 2.75) is 52.1 Å². The fourth-order valence-corrected chi connectivity index (χ4v) is 4.36. The van der Waals surface area contributed by atoms with Crippen molar-refractivity contribution in [2.24, 2.45) is 0 Å². The first-order valence-corrected chi connectivity index (χ1v) is 12.2. The molecule has 0 spiro atoms. The predicted molar refractivity (Wildman–Crippen MR) is 135 cm³/mol. The number of aromatic nitrogens is 2. The van der Waals surface area contributed by atoms with Crippen molar-refractivity contribution < 1.29 is 23.5 Å². The minimum absolute atomic E-state index is 0.0228. The Labute approximate surface area is 210 Å². The van der Waals surface area contributed by atoms with E-state index in [0.29, 0.717) is 37.4 Å². The molecule has 0 radical (unpaired) electrons. The zero-order chi connectivity index (χ0) is 25.7. The van der Waals surface area contributed by atoms with Crippen LogP contribution in [0.2, 0.25) is 0 Å². The zero-order valence-corrected chi connectivity index (χ0v) is 20.8. The van der Waals surface area contributed by atoms with Crippen LogP contribution in [-0.2, 0) is 22.5 Å². The highest BCUT2D eigenvalue weighted by Gasteiger charge is 2.32. The molecule has 9 heteroatoms. The third kappa shape index (κ3) is 5.50. The Kier molecular flexibility index (Phi) is 7.87. The number of ether oxygens (including phenoxy) is 2. The van der Waals surface area contributed by atoms with E-state index in [1.807, 2.05) is 36.9 Å². The molecule has 4 rings (SSSR count). The quantitative estimate of drug-likeness (QED) is 0.429. The number of nitrogens with one attached hydrogen (secondary N) is 1. The largest absolute Gasteiger partial charge is 0.456 e. The van der Waals surface area contributed by atoms with Gasteiger partial charge in [0.25, 0.3) is 0 Å². The first kappa shape index (κ1) is 25.2. The summed E-state index contributed by atoms with van der Waals surface area (Å²) in [6.07, 6.45) is 5.95. The van der Waals surface area contributed by atoms with Crippen LogP contribution in [0.3, 0.4) is 0 Å². The molecule has 1 aromatic heterocycles. The van der Waals surface area contributed by atoms with Gasteiger partial charge in [0.05, 0.1) is 19.0 Å². The van der Waals surface area contributed by atoms with Crippen LogP contribution >= 0.6 is 0 Å². The Hall–Kier alpha value is -3.88. The van der Waals surface area contributed by atoms with Crippen molar-refractivity contribution in [3.63, 3.8) is 0 Å². The maximum Gasteiger partial charge on any atom is 0.414 e. The van der Waals surface area contributed by atoms with Gasteiger partial charge < -0.3 is 14.8 Å². The van der Waals surface area contributed by atoms with E-state index in [9.17, 15) is 14.0 Å². The summed E-state index contributed by atoms with van der Waals surface area (Å²) in [5.74, 6) is 0.783. The van der Waals surface area contributed by atoms with Crippen LogP contribution in [0.4, 0.5) is 14.9 Å². The molecule has 1 N–H and O–H groups in total. The molecule has 0 unspecified atom stereocenters. The van der Waals surface area contributed by atoms with Gasteiger partial charge in [0.2, 0.25) is 5.91 Å². The Bertz CT molecular complexity index is 1230. The van der Waals surface area contributed by atoms with Crippen LogP contribution in [0.5, 0.6) is 11.5 Å². The average Bonchev–Trinajstić information content (AvgIpc) is 3.36. The molecule has 8 nitrogen and oxygen atoms in total. The zero-order valence-electron chi connectivity index (χ0n) is 20.8. The number of aryl methyl sites for hydroxylation is 1. The summed E-state index contributed by atoms with van der Waals surface area (Å²) in [5.41, 5.74) is 3.30. The van der Waals surface area contributed by atoms with Crippen molar-refractivity contribution in [3.8, 4) is 22.6 Å². The lowest BCUT2D eigenvalue weighted by Gasteiger charge is -2.35. The number of fused-ring (bicyclic) bond motifs is 1. The summed E-state index contributed by atoms with van der Waals surface area (Å²) in [4.78, 5) is 25.7. The summed E-state index contributed by atoms with van der Waals surface area (Å²) in [6, 6.07) is 9.66. The van der Waals surface area contributed by atoms with Crippen LogP contribution in [0.1, 0.15) is 38.7 Å². The first-order valence-electron chi connectivity index (χ1n) is 12.2. The summed E-state index contributed by atoms with van der Waals surface area (Å²) in [7, 11) is 1.37. The topological polar surface area (TPSA) is 85.7 Å². The summed E-state index contributed by atoms with van der Waals surface area (Å²) in [5, 5.41) is 7.35. The van der Waals surface area contributed by atoms with Crippen molar-refractivity contribution in [1.82, 2.24) is 15.1 Å². The highest BCUT2D eigenvalue weighted by molar-refractivity contribution is 5.92.